The van der Waals surface area contributed by atoms with Gasteiger partial charge in [0, 0.05) is 24.1 Å². The van der Waals surface area contributed by atoms with Crippen molar-refractivity contribution >= 4 is 11.0 Å². The van der Waals surface area contributed by atoms with Crippen LogP contribution in [0, 0.1) is 0 Å². The van der Waals surface area contributed by atoms with Gasteiger partial charge in [0.25, 0.3) is 0 Å². The normalized spacial score (nSPS) is 24.1. The SMILES string of the molecule is CC1(C)Oc2cc3oc(C4(O)CCCC4)cc(=O)c3c(O)c2CC1O. The smallest absolute Gasteiger partial charge is 0.196 e. The van der Waals surface area contributed by atoms with Gasteiger partial charge in [0.1, 0.15) is 39.4 Å². The van der Waals surface area contributed by atoms with Gasteiger partial charge in [-0.25, -0.2) is 0 Å². The van der Waals surface area contributed by atoms with Crippen LogP contribution in [0.25, 0.3) is 11.0 Å². The topological polar surface area (TPSA) is 100 Å². The van der Waals surface area contributed by atoms with E-state index in [9.17, 15) is 20.1 Å². The Hall–Kier alpha value is -2.05. The van der Waals surface area contributed by atoms with Gasteiger partial charge in [-0.05, 0) is 39.5 Å². The van der Waals surface area contributed by atoms with Crippen molar-refractivity contribution in [3.05, 3.63) is 33.7 Å². The Labute approximate surface area is 144 Å². The highest BCUT2D eigenvalue weighted by molar-refractivity contribution is 5.87. The zero-order valence-corrected chi connectivity index (χ0v) is 14.3. The van der Waals surface area contributed by atoms with Crippen LogP contribution in [0.1, 0.15) is 50.9 Å². The summed E-state index contributed by atoms with van der Waals surface area (Å²) in [6, 6.07) is 2.84. The highest BCUT2D eigenvalue weighted by Crippen LogP contribution is 2.44. The maximum Gasteiger partial charge on any atom is 0.196 e. The molecule has 1 aromatic heterocycles. The lowest BCUT2D eigenvalue weighted by Crippen LogP contribution is -2.46. The third kappa shape index (κ3) is 2.43. The Morgan fingerprint density at radius 1 is 1.20 bits per heavy atom. The molecule has 25 heavy (non-hydrogen) atoms. The molecule has 1 aromatic carbocycles. The molecular weight excluding hydrogens is 324 g/mol. The molecule has 1 aliphatic heterocycles. The molecule has 4 rings (SSSR count). The monoisotopic (exact) mass is 346 g/mol. The van der Waals surface area contributed by atoms with Gasteiger partial charge >= 0.3 is 0 Å². The number of rotatable bonds is 1. The largest absolute Gasteiger partial charge is 0.507 e. The first-order valence-corrected chi connectivity index (χ1v) is 8.64. The molecule has 2 heterocycles. The second kappa shape index (κ2) is 5.22. The lowest BCUT2D eigenvalue weighted by Gasteiger charge is -2.37. The molecule has 1 atom stereocenters. The predicted octanol–water partition coefficient (Wildman–Crippen LogP) is 2.33. The highest BCUT2D eigenvalue weighted by Gasteiger charge is 2.39. The van der Waals surface area contributed by atoms with Crippen molar-refractivity contribution in [1.82, 2.24) is 0 Å². The third-order valence-corrected chi connectivity index (χ3v) is 5.52. The summed E-state index contributed by atoms with van der Waals surface area (Å²) in [6.45, 7) is 3.52. The van der Waals surface area contributed by atoms with Gasteiger partial charge in [-0.15, -0.1) is 0 Å². The van der Waals surface area contributed by atoms with Gasteiger partial charge in [0.05, 0.1) is 6.10 Å². The Kier molecular flexibility index (Phi) is 3.43. The van der Waals surface area contributed by atoms with Gasteiger partial charge in [0.2, 0.25) is 0 Å². The van der Waals surface area contributed by atoms with E-state index in [2.05, 4.69) is 0 Å². The zero-order valence-electron chi connectivity index (χ0n) is 14.3. The summed E-state index contributed by atoms with van der Waals surface area (Å²) in [6.07, 6.45) is 2.25. The molecule has 0 bridgehead atoms. The van der Waals surface area contributed by atoms with Crippen LogP contribution in [-0.2, 0) is 12.0 Å². The number of phenolic OH excluding ortho intramolecular Hbond substituents is 1. The third-order valence-electron chi connectivity index (χ3n) is 5.52. The summed E-state index contributed by atoms with van der Waals surface area (Å²) in [5.74, 6) is 0.400. The number of benzene rings is 1. The summed E-state index contributed by atoms with van der Waals surface area (Å²) >= 11 is 0. The van der Waals surface area contributed by atoms with Gasteiger partial charge in [-0.2, -0.15) is 0 Å². The van der Waals surface area contributed by atoms with Crippen LogP contribution in [-0.4, -0.2) is 27.0 Å². The van der Waals surface area contributed by atoms with E-state index >= 15 is 0 Å². The Bertz CT molecular complexity index is 904. The fourth-order valence-electron chi connectivity index (χ4n) is 3.83. The predicted molar refractivity (Wildman–Crippen MR) is 90.9 cm³/mol. The molecule has 2 aromatic rings. The Morgan fingerprint density at radius 3 is 2.56 bits per heavy atom. The van der Waals surface area contributed by atoms with Crippen LogP contribution in [0.5, 0.6) is 11.5 Å². The van der Waals surface area contributed by atoms with Crippen LogP contribution in [0.4, 0.5) is 0 Å². The first kappa shape index (κ1) is 16.4. The molecule has 2 aliphatic rings. The Balaban J connectivity index is 1.93. The van der Waals surface area contributed by atoms with E-state index in [-0.39, 0.29) is 28.9 Å². The summed E-state index contributed by atoms with van der Waals surface area (Å²) in [7, 11) is 0. The highest BCUT2D eigenvalue weighted by atomic mass is 16.5. The molecule has 6 heteroatoms. The van der Waals surface area contributed by atoms with E-state index in [4.69, 9.17) is 9.15 Å². The van der Waals surface area contributed by atoms with E-state index in [0.29, 0.717) is 24.2 Å². The molecule has 1 fully saturated rings. The van der Waals surface area contributed by atoms with Gasteiger partial charge in [0.15, 0.2) is 5.43 Å². The summed E-state index contributed by atoms with van der Waals surface area (Å²) < 4.78 is 11.6. The molecule has 6 nitrogen and oxygen atoms in total. The maximum atomic E-state index is 12.6. The number of phenols is 1. The quantitative estimate of drug-likeness (QED) is 0.733. The summed E-state index contributed by atoms with van der Waals surface area (Å²) in [5.41, 5.74) is -1.76. The van der Waals surface area contributed by atoms with Crippen molar-refractivity contribution in [3.8, 4) is 11.5 Å². The van der Waals surface area contributed by atoms with E-state index in [1.807, 2.05) is 0 Å². The van der Waals surface area contributed by atoms with Gasteiger partial charge < -0.3 is 24.5 Å². The summed E-state index contributed by atoms with van der Waals surface area (Å²) in [5, 5.41) is 31.5. The molecule has 0 amide bonds. The number of aromatic hydroxyl groups is 1. The number of aliphatic hydroxyl groups excluding tert-OH is 1. The fourth-order valence-corrected chi connectivity index (χ4v) is 3.83. The molecule has 134 valence electrons. The standard InChI is InChI=1S/C19H22O6/c1-18(2)14(21)7-10-12(25-18)9-13-16(17(10)22)11(20)8-15(24-13)19(23)5-3-4-6-19/h8-9,14,21-23H,3-7H2,1-2H3. The zero-order chi connectivity index (χ0) is 18.0. The van der Waals surface area contributed by atoms with Crippen molar-refractivity contribution in [2.75, 3.05) is 0 Å². The first-order valence-electron chi connectivity index (χ1n) is 8.64. The number of ether oxygens (including phenoxy) is 1. The molecule has 0 spiro atoms. The molecule has 1 unspecified atom stereocenters. The molecule has 3 N–H and O–H groups in total. The first-order chi connectivity index (χ1) is 11.7. The van der Waals surface area contributed by atoms with Crippen LogP contribution >= 0.6 is 0 Å². The average Bonchev–Trinajstić information content (AvgIpc) is 2.97. The lowest BCUT2D eigenvalue weighted by molar-refractivity contribution is -0.0416. The maximum absolute atomic E-state index is 12.6. The van der Waals surface area contributed by atoms with E-state index in [0.717, 1.165) is 12.8 Å². The van der Waals surface area contributed by atoms with Gasteiger partial charge in [-0.1, -0.05) is 0 Å². The van der Waals surface area contributed by atoms with Crippen molar-refractivity contribution in [1.29, 1.82) is 0 Å². The van der Waals surface area contributed by atoms with Crippen LogP contribution < -0.4 is 10.2 Å². The minimum Gasteiger partial charge on any atom is -0.507 e. The minimum atomic E-state index is -1.13. The second-order valence-electron chi connectivity index (χ2n) is 7.71. The fraction of sp³-hybridized carbons (Fsp3) is 0.526. The van der Waals surface area contributed by atoms with Crippen LogP contribution in [0.15, 0.2) is 21.3 Å². The van der Waals surface area contributed by atoms with Gasteiger partial charge in [-0.3, -0.25) is 4.79 Å². The molecule has 0 radical (unpaired) electrons. The van der Waals surface area contributed by atoms with Crippen molar-refractivity contribution < 1.29 is 24.5 Å². The number of fused-ring (bicyclic) bond motifs is 2. The van der Waals surface area contributed by atoms with Crippen molar-refractivity contribution in [3.63, 3.8) is 0 Å². The number of hydrogen-bond donors (Lipinski definition) is 3. The van der Waals surface area contributed by atoms with E-state index in [1.165, 1.54) is 6.07 Å². The van der Waals surface area contributed by atoms with Crippen LogP contribution in [0.3, 0.4) is 0 Å². The lowest BCUT2D eigenvalue weighted by atomic mass is 9.89. The van der Waals surface area contributed by atoms with E-state index < -0.39 is 22.7 Å². The van der Waals surface area contributed by atoms with E-state index in [1.54, 1.807) is 19.9 Å². The number of aliphatic hydroxyl groups is 2. The molecular formula is C19H22O6. The average molecular weight is 346 g/mol. The van der Waals surface area contributed by atoms with Crippen LogP contribution in [0.2, 0.25) is 0 Å². The van der Waals surface area contributed by atoms with Crippen molar-refractivity contribution in [2.45, 2.75) is 63.3 Å². The Morgan fingerprint density at radius 2 is 1.88 bits per heavy atom. The minimum absolute atomic E-state index is 0.0552. The summed E-state index contributed by atoms with van der Waals surface area (Å²) in [4.78, 5) is 12.6. The second-order valence-corrected chi connectivity index (χ2v) is 7.71. The van der Waals surface area contributed by atoms with Crippen molar-refractivity contribution in [2.24, 2.45) is 0 Å². The molecule has 1 saturated carbocycles. The molecule has 0 saturated heterocycles. The molecule has 1 aliphatic carbocycles. The number of hydrogen-bond acceptors (Lipinski definition) is 6.